The Hall–Kier alpha value is -1.91. The number of rotatable bonds is 13. The minimum Gasteiger partial charge on any atom is -0.374 e. The molecule has 1 unspecified atom stereocenters. The van der Waals surface area contributed by atoms with Crippen molar-refractivity contribution in [1.82, 2.24) is 0 Å². The molecule has 0 aliphatic heterocycles. The van der Waals surface area contributed by atoms with Crippen molar-refractivity contribution in [2.75, 3.05) is 26.1 Å². The zero-order valence-corrected chi connectivity index (χ0v) is 16.8. The molecule has 6 nitrogen and oxygen atoms in total. The lowest BCUT2D eigenvalue weighted by molar-refractivity contribution is -0.241. The van der Waals surface area contributed by atoms with Crippen molar-refractivity contribution in [3.05, 3.63) is 71.8 Å². The molecule has 0 saturated carbocycles. The fourth-order valence-corrected chi connectivity index (χ4v) is 2.82. The van der Waals surface area contributed by atoms with E-state index in [0.29, 0.717) is 11.8 Å². The Kier molecular flexibility index (Phi) is 9.12. The number of alkyl halides is 2. The van der Waals surface area contributed by atoms with E-state index in [1.54, 1.807) is 30.3 Å². The highest BCUT2D eigenvalue weighted by Crippen LogP contribution is 2.25. The predicted octanol–water partition coefficient (Wildman–Crippen LogP) is 3.37. The molecule has 2 aromatic carbocycles. The smallest absolute Gasteiger partial charge is 0.321 e. The average molecular weight is 430 g/mol. The molecular formula is C20H24F2O6S. The summed E-state index contributed by atoms with van der Waals surface area (Å²) < 4.78 is 71.3. The quantitative estimate of drug-likeness (QED) is 0.276. The number of ether oxygens (including phenoxy) is 3. The second-order valence-corrected chi connectivity index (χ2v) is 7.88. The van der Waals surface area contributed by atoms with Crippen molar-refractivity contribution < 1.29 is 35.6 Å². The monoisotopic (exact) mass is 430 g/mol. The van der Waals surface area contributed by atoms with E-state index in [9.17, 15) is 17.2 Å². The lowest BCUT2D eigenvalue weighted by atomic mass is 10.2. The zero-order chi connectivity index (χ0) is 21.2. The summed E-state index contributed by atoms with van der Waals surface area (Å²) in [6, 6.07) is 18.0. The van der Waals surface area contributed by atoms with Gasteiger partial charge in [0, 0.05) is 0 Å². The molecule has 0 radical (unpaired) electrons. The topological polar surface area (TPSA) is 71.1 Å². The Bertz CT molecular complexity index is 815. The molecule has 0 fully saturated rings. The molecule has 0 amide bonds. The molecule has 0 bridgehead atoms. The second-order valence-electron chi connectivity index (χ2n) is 6.28. The fraction of sp³-hybridized carbons (Fsp3) is 0.400. The number of benzene rings is 2. The maximum Gasteiger partial charge on any atom is 0.321 e. The SMILES string of the molecule is CS(=O)(=O)OC(OCCOCc1ccccc1)C(F)(F)COCc1ccccc1. The first-order chi connectivity index (χ1) is 13.8. The van der Waals surface area contributed by atoms with Crippen molar-refractivity contribution in [2.45, 2.75) is 25.4 Å². The van der Waals surface area contributed by atoms with E-state index < -0.39 is 28.9 Å². The molecule has 160 valence electrons. The van der Waals surface area contributed by atoms with Gasteiger partial charge in [-0.25, -0.2) is 4.18 Å². The number of halogens is 2. The Morgan fingerprint density at radius 1 is 0.862 bits per heavy atom. The maximum absolute atomic E-state index is 14.4. The van der Waals surface area contributed by atoms with Crippen molar-refractivity contribution >= 4 is 10.1 Å². The van der Waals surface area contributed by atoms with Gasteiger partial charge in [-0.3, -0.25) is 0 Å². The molecule has 2 rings (SSSR count). The predicted molar refractivity (Wildman–Crippen MR) is 103 cm³/mol. The van der Waals surface area contributed by atoms with Crippen LogP contribution in [0.5, 0.6) is 0 Å². The van der Waals surface area contributed by atoms with E-state index in [-0.39, 0.29) is 26.4 Å². The normalized spacial score (nSPS) is 13.3. The molecule has 0 spiro atoms. The average Bonchev–Trinajstić information content (AvgIpc) is 2.67. The van der Waals surface area contributed by atoms with Gasteiger partial charge >= 0.3 is 5.92 Å². The first kappa shape index (κ1) is 23.4. The van der Waals surface area contributed by atoms with Gasteiger partial charge in [-0.1, -0.05) is 60.7 Å². The number of hydrogen-bond donors (Lipinski definition) is 0. The summed E-state index contributed by atoms with van der Waals surface area (Å²) in [5.74, 6) is -3.68. The van der Waals surface area contributed by atoms with Crippen LogP contribution in [0.1, 0.15) is 11.1 Å². The molecule has 0 aliphatic rings. The van der Waals surface area contributed by atoms with Gasteiger partial charge in [0.05, 0.1) is 32.7 Å². The maximum atomic E-state index is 14.4. The highest BCUT2D eigenvalue weighted by Gasteiger charge is 2.44. The third-order valence-electron chi connectivity index (χ3n) is 3.62. The van der Waals surface area contributed by atoms with Gasteiger partial charge in [-0.2, -0.15) is 17.2 Å². The van der Waals surface area contributed by atoms with Gasteiger partial charge in [-0.15, -0.1) is 0 Å². The summed E-state index contributed by atoms with van der Waals surface area (Å²) in [6.07, 6.45) is -1.63. The number of hydrogen-bond acceptors (Lipinski definition) is 6. The van der Waals surface area contributed by atoms with E-state index in [1.807, 2.05) is 30.3 Å². The first-order valence-electron chi connectivity index (χ1n) is 8.87. The van der Waals surface area contributed by atoms with Crippen LogP contribution in [0.4, 0.5) is 8.78 Å². The van der Waals surface area contributed by atoms with Gasteiger partial charge < -0.3 is 14.2 Å². The van der Waals surface area contributed by atoms with Crippen LogP contribution < -0.4 is 0 Å². The minimum absolute atomic E-state index is 0.0144. The van der Waals surface area contributed by atoms with Gasteiger partial charge in [0.15, 0.2) is 0 Å². The molecule has 9 heteroatoms. The van der Waals surface area contributed by atoms with Crippen molar-refractivity contribution in [1.29, 1.82) is 0 Å². The Balaban J connectivity index is 1.82. The molecule has 1 atom stereocenters. The zero-order valence-electron chi connectivity index (χ0n) is 16.0. The van der Waals surface area contributed by atoms with E-state index >= 15 is 0 Å². The summed E-state index contributed by atoms with van der Waals surface area (Å²) in [5.41, 5.74) is 1.62. The van der Waals surface area contributed by atoms with Crippen molar-refractivity contribution in [3.8, 4) is 0 Å². The minimum atomic E-state index is -4.17. The molecular weight excluding hydrogens is 406 g/mol. The highest BCUT2D eigenvalue weighted by atomic mass is 32.2. The molecule has 0 aromatic heterocycles. The van der Waals surface area contributed by atoms with Gasteiger partial charge in [-0.05, 0) is 11.1 Å². The summed E-state index contributed by atoms with van der Waals surface area (Å²) in [5, 5.41) is 0. The first-order valence-corrected chi connectivity index (χ1v) is 10.7. The third kappa shape index (κ3) is 9.42. The third-order valence-corrected chi connectivity index (χ3v) is 4.15. The van der Waals surface area contributed by atoms with Crippen LogP contribution in [0.2, 0.25) is 0 Å². The fourth-order valence-electron chi connectivity index (χ4n) is 2.30. The van der Waals surface area contributed by atoms with Gasteiger partial charge in [0.1, 0.15) is 6.61 Å². The van der Waals surface area contributed by atoms with Crippen LogP contribution in [0.25, 0.3) is 0 Å². The van der Waals surface area contributed by atoms with E-state index in [1.165, 1.54) is 0 Å². The van der Waals surface area contributed by atoms with Gasteiger partial charge in [0.2, 0.25) is 6.29 Å². The molecule has 0 heterocycles. The van der Waals surface area contributed by atoms with Crippen LogP contribution in [-0.2, 0) is 41.7 Å². The van der Waals surface area contributed by atoms with Gasteiger partial charge in [0.25, 0.3) is 10.1 Å². The Morgan fingerprint density at radius 2 is 1.38 bits per heavy atom. The summed E-state index contributed by atoms with van der Waals surface area (Å²) >= 11 is 0. The standard InChI is InChI=1S/C20H24F2O6S/c1-29(23,24)28-19(27-13-12-25-14-17-8-4-2-5-9-17)20(21,22)16-26-15-18-10-6-3-7-11-18/h2-11,19H,12-16H2,1H3. The second kappa shape index (κ2) is 11.3. The van der Waals surface area contributed by atoms with E-state index in [4.69, 9.17) is 14.2 Å². The summed E-state index contributed by atoms with van der Waals surface area (Å²) in [4.78, 5) is 0. The van der Waals surface area contributed by atoms with Crippen LogP contribution in [-0.4, -0.2) is 46.7 Å². The van der Waals surface area contributed by atoms with Crippen molar-refractivity contribution in [3.63, 3.8) is 0 Å². The van der Waals surface area contributed by atoms with Crippen LogP contribution >= 0.6 is 0 Å². The Morgan fingerprint density at radius 3 is 1.90 bits per heavy atom. The van der Waals surface area contributed by atoms with Crippen LogP contribution in [0, 0.1) is 0 Å². The van der Waals surface area contributed by atoms with Crippen LogP contribution in [0.3, 0.4) is 0 Å². The molecule has 0 N–H and O–H groups in total. The molecule has 0 aliphatic carbocycles. The summed E-state index contributed by atoms with van der Waals surface area (Å²) in [7, 11) is -4.17. The lowest BCUT2D eigenvalue weighted by Crippen LogP contribution is -2.43. The molecule has 29 heavy (non-hydrogen) atoms. The lowest BCUT2D eigenvalue weighted by Gasteiger charge is -2.25. The summed E-state index contributed by atoms with van der Waals surface area (Å²) in [6.45, 7) is -1.13. The van der Waals surface area contributed by atoms with Crippen LogP contribution in [0.15, 0.2) is 60.7 Å². The molecule has 2 aromatic rings. The van der Waals surface area contributed by atoms with Crippen molar-refractivity contribution in [2.24, 2.45) is 0 Å². The van der Waals surface area contributed by atoms with E-state index in [0.717, 1.165) is 5.56 Å². The molecule has 0 saturated heterocycles. The Labute approximate surface area is 169 Å². The highest BCUT2D eigenvalue weighted by molar-refractivity contribution is 7.86. The largest absolute Gasteiger partial charge is 0.374 e. The van der Waals surface area contributed by atoms with E-state index in [2.05, 4.69) is 4.18 Å².